The summed E-state index contributed by atoms with van der Waals surface area (Å²) in [5, 5.41) is 0. The summed E-state index contributed by atoms with van der Waals surface area (Å²) in [5.41, 5.74) is 0.535. The molecule has 0 radical (unpaired) electrons. The molecule has 1 fully saturated rings. The fraction of sp³-hybridized carbons (Fsp3) is 0.615. The standard InChI is InChI=1S/C13H17BrO3/c1-8-11(12(14)9(2)16-8)13(15)17-10-6-4-3-5-7-10/h10H,3-7H2,1-2H3. The van der Waals surface area contributed by atoms with Crippen molar-refractivity contribution in [1.29, 1.82) is 0 Å². The highest BCUT2D eigenvalue weighted by molar-refractivity contribution is 9.10. The fourth-order valence-electron chi connectivity index (χ4n) is 2.28. The first-order valence-corrected chi connectivity index (χ1v) is 6.85. The highest BCUT2D eigenvalue weighted by atomic mass is 79.9. The summed E-state index contributed by atoms with van der Waals surface area (Å²) in [5.74, 6) is 1.08. The number of hydrogen-bond donors (Lipinski definition) is 0. The summed E-state index contributed by atoms with van der Waals surface area (Å²) >= 11 is 3.37. The van der Waals surface area contributed by atoms with Crippen LogP contribution in [0.5, 0.6) is 0 Å². The summed E-state index contributed by atoms with van der Waals surface area (Å²) in [4.78, 5) is 12.1. The Morgan fingerprint density at radius 2 is 1.88 bits per heavy atom. The van der Waals surface area contributed by atoms with Crippen LogP contribution in [0.4, 0.5) is 0 Å². The van der Waals surface area contributed by atoms with Crippen LogP contribution < -0.4 is 0 Å². The van der Waals surface area contributed by atoms with Gasteiger partial charge in [-0.25, -0.2) is 4.79 Å². The van der Waals surface area contributed by atoms with Crippen molar-refractivity contribution in [2.75, 3.05) is 0 Å². The number of carbonyl (C=O) groups is 1. The molecular formula is C13H17BrO3. The molecule has 1 aromatic rings. The third-order valence-corrected chi connectivity index (χ3v) is 4.17. The van der Waals surface area contributed by atoms with Crippen molar-refractivity contribution in [3.8, 4) is 0 Å². The van der Waals surface area contributed by atoms with Gasteiger partial charge in [-0.2, -0.15) is 0 Å². The molecule has 0 amide bonds. The normalized spacial score (nSPS) is 17.1. The van der Waals surface area contributed by atoms with Gasteiger partial charge in [-0.05, 0) is 55.5 Å². The lowest BCUT2D eigenvalue weighted by molar-refractivity contribution is 0.0208. The van der Waals surface area contributed by atoms with E-state index in [-0.39, 0.29) is 12.1 Å². The molecule has 1 heterocycles. The average molecular weight is 301 g/mol. The van der Waals surface area contributed by atoms with Crippen molar-refractivity contribution in [1.82, 2.24) is 0 Å². The van der Waals surface area contributed by atoms with Crippen LogP contribution in [0.1, 0.15) is 54.0 Å². The molecule has 3 nitrogen and oxygen atoms in total. The quantitative estimate of drug-likeness (QED) is 0.770. The van der Waals surface area contributed by atoms with Gasteiger partial charge in [0.1, 0.15) is 23.2 Å². The summed E-state index contributed by atoms with van der Waals surface area (Å²) in [6, 6.07) is 0. The number of ether oxygens (including phenoxy) is 1. The second-order valence-electron chi connectivity index (χ2n) is 4.57. The Labute approximate surface area is 110 Å². The number of rotatable bonds is 2. The van der Waals surface area contributed by atoms with Crippen LogP contribution in [-0.4, -0.2) is 12.1 Å². The second kappa shape index (κ2) is 5.25. The van der Waals surface area contributed by atoms with Crippen molar-refractivity contribution in [2.24, 2.45) is 0 Å². The van der Waals surface area contributed by atoms with Crippen LogP contribution >= 0.6 is 15.9 Å². The van der Waals surface area contributed by atoms with Gasteiger partial charge in [0, 0.05) is 0 Å². The van der Waals surface area contributed by atoms with Crippen LogP contribution in [-0.2, 0) is 4.74 Å². The smallest absolute Gasteiger partial charge is 0.343 e. The van der Waals surface area contributed by atoms with Crippen molar-refractivity contribution in [2.45, 2.75) is 52.1 Å². The van der Waals surface area contributed by atoms with Gasteiger partial charge in [0.25, 0.3) is 0 Å². The van der Waals surface area contributed by atoms with Gasteiger partial charge in [0.15, 0.2) is 0 Å². The molecule has 0 spiro atoms. The first-order valence-electron chi connectivity index (χ1n) is 6.06. The van der Waals surface area contributed by atoms with Gasteiger partial charge in [-0.15, -0.1) is 0 Å². The van der Waals surface area contributed by atoms with E-state index in [0.717, 1.165) is 35.9 Å². The minimum atomic E-state index is -0.266. The first kappa shape index (κ1) is 12.7. The number of esters is 1. The molecule has 4 heteroatoms. The molecular weight excluding hydrogens is 284 g/mol. The number of hydrogen-bond acceptors (Lipinski definition) is 3. The predicted octanol–water partition coefficient (Wildman–Crippen LogP) is 4.15. The van der Waals surface area contributed by atoms with Crippen molar-refractivity contribution < 1.29 is 13.9 Å². The van der Waals surface area contributed by atoms with E-state index in [1.165, 1.54) is 6.42 Å². The molecule has 2 rings (SSSR count). The highest BCUT2D eigenvalue weighted by Crippen LogP contribution is 2.29. The predicted molar refractivity (Wildman–Crippen MR) is 68.2 cm³/mol. The maximum Gasteiger partial charge on any atom is 0.343 e. The Morgan fingerprint density at radius 3 is 2.41 bits per heavy atom. The third-order valence-electron chi connectivity index (χ3n) is 3.22. The molecule has 0 unspecified atom stereocenters. The Balaban J connectivity index is 2.08. The van der Waals surface area contributed by atoms with Crippen LogP contribution in [0, 0.1) is 13.8 Å². The van der Waals surface area contributed by atoms with Gasteiger partial charge in [-0.1, -0.05) is 6.42 Å². The van der Waals surface area contributed by atoms with Gasteiger partial charge in [0.05, 0.1) is 4.47 Å². The largest absolute Gasteiger partial charge is 0.465 e. The van der Waals surface area contributed by atoms with E-state index in [4.69, 9.17) is 9.15 Å². The Kier molecular flexibility index (Phi) is 3.92. The molecule has 94 valence electrons. The average Bonchev–Trinajstić information content (AvgIpc) is 2.54. The number of furan rings is 1. The molecule has 0 saturated heterocycles. The van der Waals surface area contributed by atoms with Crippen LogP contribution in [0.15, 0.2) is 8.89 Å². The zero-order valence-electron chi connectivity index (χ0n) is 10.2. The van der Waals surface area contributed by atoms with E-state index in [9.17, 15) is 4.79 Å². The molecule has 1 aliphatic carbocycles. The van der Waals surface area contributed by atoms with E-state index in [2.05, 4.69) is 15.9 Å². The molecule has 0 aromatic carbocycles. The molecule has 0 aliphatic heterocycles. The summed E-state index contributed by atoms with van der Waals surface area (Å²) < 4.78 is 11.6. The lowest BCUT2D eigenvalue weighted by Gasteiger charge is -2.21. The van der Waals surface area contributed by atoms with E-state index in [1.807, 2.05) is 6.92 Å². The molecule has 1 saturated carbocycles. The molecule has 17 heavy (non-hydrogen) atoms. The summed E-state index contributed by atoms with van der Waals surface area (Å²) in [7, 11) is 0. The SMILES string of the molecule is Cc1oc(C)c(C(=O)OC2CCCCC2)c1Br. The number of halogens is 1. The lowest BCUT2D eigenvalue weighted by atomic mass is 9.98. The monoisotopic (exact) mass is 300 g/mol. The van der Waals surface area contributed by atoms with Crippen LogP contribution in [0.3, 0.4) is 0 Å². The zero-order valence-corrected chi connectivity index (χ0v) is 11.8. The van der Waals surface area contributed by atoms with E-state index >= 15 is 0 Å². The van der Waals surface area contributed by atoms with E-state index in [0.29, 0.717) is 11.3 Å². The van der Waals surface area contributed by atoms with Gasteiger partial charge >= 0.3 is 5.97 Å². The van der Waals surface area contributed by atoms with Crippen molar-refractivity contribution in [3.63, 3.8) is 0 Å². The minimum Gasteiger partial charge on any atom is -0.465 e. The van der Waals surface area contributed by atoms with Crippen LogP contribution in [0.2, 0.25) is 0 Å². The Hall–Kier alpha value is -0.770. The zero-order chi connectivity index (χ0) is 12.4. The minimum absolute atomic E-state index is 0.0813. The highest BCUT2D eigenvalue weighted by Gasteiger charge is 2.24. The third kappa shape index (κ3) is 2.73. The summed E-state index contributed by atoms with van der Waals surface area (Å²) in [6.45, 7) is 3.61. The van der Waals surface area contributed by atoms with Crippen LogP contribution in [0.25, 0.3) is 0 Å². The van der Waals surface area contributed by atoms with Crippen molar-refractivity contribution >= 4 is 21.9 Å². The second-order valence-corrected chi connectivity index (χ2v) is 5.36. The van der Waals surface area contributed by atoms with Gasteiger partial charge in [0.2, 0.25) is 0 Å². The first-order chi connectivity index (χ1) is 8.09. The van der Waals surface area contributed by atoms with Crippen molar-refractivity contribution in [3.05, 3.63) is 21.6 Å². The fourth-order valence-corrected chi connectivity index (χ4v) is 2.80. The Morgan fingerprint density at radius 1 is 1.24 bits per heavy atom. The number of aryl methyl sites for hydroxylation is 2. The molecule has 1 aliphatic rings. The molecule has 1 aromatic heterocycles. The van der Waals surface area contributed by atoms with Gasteiger partial charge < -0.3 is 9.15 Å². The maximum absolute atomic E-state index is 12.1. The Bertz CT molecular complexity index is 417. The molecule has 0 N–H and O–H groups in total. The summed E-state index contributed by atoms with van der Waals surface area (Å²) in [6.07, 6.45) is 5.61. The lowest BCUT2D eigenvalue weighted by Crippen LogP contribution is -2.21. The maximum atomic E-state index is 12.1. The van der Waals surface area contributed by atoms with Gasteiger partial charge in [-0.3, -0.25) is 0 Å². The molecule has 0 atom stereocenters. The molecule has 0 bridgehead atoms. The van der Waals surface area contributed by atoms with E-state index < -0.39 is 0 Å². The topological polar surface area (TPSA) is 39.4 Å². The van der Waals surface area contributed by atoms with E-state index in [1.54, 1.807) is 6.92 Å². The number of carbonyl (C=O) groups excluding carboxylic acids is 1.